The van der Waals surface area contributed by atoms with Crippen LogP contribution in [0.15, 0.2) is 24.5 Å². The SMILES string of the molecule is CCOc1cc2c(cc1CNC(=O)[C@H](O)c1cnn(C)c1)O[C@@H](C)C2. The molecule has 2 aromatic rings. The van der Waals surface area contributed by atoms with Crippen LogP contribution < -0.4 is 14.8 Å². The summed E-state index contributed by atoms with van der Waals surface area (Å²) in [7, 11) is 1.73. The molecule has 0 spiro atoms. The quantitative estimate of drug-likeness (QED) is 0.828. The molecule has 3 rings (SSSR count). The Kier molecular flexibility index (Phi) is 4.94. The Hall–Kier alpha value is -2.54. The number of amides is 1. The number of aliphatic hydroxyl groups is 1. The predicted molar refractivity (Wildman–Crippen MR) is 91.4 cm³/mol. The maximum Gasteiger partial charge on any atom is 0.253 e. The second-order valence-electron chi connectivity index (χ2n) is 6.20. The number of benzene rings is 1. The van der Waals surface area contributed by atoms with Gasteiger partial charge in [0.1, 0.15) is 17.6 Å². The Bertz CT molecular complexity index is 772. The molecule has 2 atom stereocenters. The first-order valence-corrected chi connectivity index (χ1v) is 8.37. The summed E-state index contributed by atoms with van der Waals surface area (Å²) in [6.45, 7) is 4.72. The van der Waals surface area contributed by atoms with Crippen molar-refractivity contribution in [3.8, 4) is 11.5 Å². The van der Waals surface area contributed by atoms with E-state index in [0.717, 1.165) is 29.0 Å². The molecule has 0 fully saturated rings. The third-order valence-electron chi connectivity index (χ3n) is 4.12. The second kappa shape index (κ2) is 7.14. The number of fused-ring (bicyclic) bond motifs is 1. The first-order chi connectivity index (χ1) is 12.0. The molecule has 7 heteroatoms. The van der Waals surface area contributed by atoms with Gasteiger partial charge in [-0.25, -0.2) is 0 Å². The highest BCUT2D eigenvalue weighted by molar-refractivity contribution is 5.81. The summed E-state index contributed by atoms with van der Waals surface area (Å²) in [5.74, 6) is 1.08. The van der Waals surface area contributed by atoms with Gasteiger partial charge in [-0.2, -0.15) is 5.10 Å². The Labute approximate surface area is 146 Å². The van der Waals surface area contributed by atoms with Crippen LogP contribution in [0.25, 0.3) is 0 Å². The Morgan fingerprint density at radius 3 is 3.04 bits per heavy atom. The molecule has 1 aromatic carbocycles. The molecule has 1 aliphatic heterocycles. The van der Waals surface area contributed by atoms with Crippen LogP contribution in [0.5, 0.6) is 11.5 Å². The molecular formula is C18H23N3O4. The van der Waals surface area contributed by atoms with Gasteiger partial charge in [-0.15, -0.1) is 0 Å². The van der Waals surface area contributed by atoms with Gasteiger partial charge in [-0.1, -0.05) is 0 Å². The molecule has 134 valence electrons. The zero-order valence-corrected chi connectivity index (χ0v) is 14.7. The molecule has 1 amide bonds. The number of nitrogens with zero attached hydrogens (tertiary/aromatic N) is 2. The van der Waals surface area contributed by atoms with Gasteiger partial charge in [0.05, 0.1) is 12.8 Å². The smallest absolute Gasteiger partial charge is 0.253 e. The lowest BCUT2D eigenvalue weighted by atomic mass is 10.1. The van der Waals surface area contributed by atoms with Crippen molar-refractivity contribution >= 4 is 5.91 Å². The van der Waals surface area contributed by atoms with E-state index in [1.54, 1.807) is 13.2 Å². The third-order valence-corrected chi connectivity index (χ3v) is 4.12. The normalized spacial score (nSPS) is 16.9. The molecule has 0 bridgehead atoms. The second-order valence-corrected chi connectivity index (χ2v) is 6.20. The van der Waals surface area contributed by atoms with Gasteiger partial charge in [0.15, 0.2) is 6.10 Å². The number of carbonyl (C=O) groups is 1. The van der Waals surface area contributed by atoms with E-state index in [0.29, 0.717) is 12.2 Å². The maximum atomic E-state index is 12.2. The van der Waals surface area contributed by atoms with E-state index < -0.39 is 12.0 Å². The minimum absolute atomic E-state index is 0.140. The first-order valence-electron chi connectivity index (χ1n) is 8.37. The molecule has 0 radical (unpaired) electrons. The number of nitrogens with one attached hydrogen (secondary N) is 1. The van der Waals surface area contributed by atoms with Crippen molar-refractivity contribution in [2.24, 2.45) is 7.05 Å². The van der Waals surface area contributed by atoms with Gasteiger partial charge in [0.2, 0.25) is 0 Å². The highest BCUT2D eigenvalue weighted by atomic mass is 16.5. The summed E-state index contributed by atoms with van der Waals surface area (Å²) in [6, 6.07) is 3.88. The van der Waals surface area contributed by atoms with Gasteiger partial charge in [-0.05, 0) is 26.0 Å². The third kappa shape index (κ3) is 3.76. The molecule has 1 aliphatic rings. The number of aromatic nitrogens is 2. The largest absolute Gasteiger partial charge is 0.494 e. The first kappa shape index (κ1) is 17.3. The lowest BCUT2D eigenvalue weighted by molar-refractivity contribution is -0.129. The molecule has 7 nitrogen and oxygen atoms in total. The minimum atomic E-state index is -1.25. The van der Waals surface area contributed by atoms with Crippen molar-refractivity contribution in [2.45, 2.75) is 39.0 Å². The van der Waals surface area contributed by atoms with Gasteiger partial charge in [0, 0.05) is 42.9 Å². The maximum absolute atomic E-state index is 12.2. The minimum Gasteiger partial charge on any atom is -0.494 e. The summed E-state index contributed by atoms with van der Waals surface area (Å²) in [5.41, 5.74) is 2.39. The van der Waals surface area contributed by atoms with Gasteiger partial charge in [-0.3, -0.25) is 9.48 Å². The summed E-state index contributed by atoms with van der Waals surface area (Å²) >= 11 is 0. The number of aryl methyl sites for hydroxylation is 1. The lowest BCUT2D eigenvalue weighted by Crippen LogP contribution is -2.28. The zero-order chi connectivity index (χ0) is 18.0. The van der Waals surface area contributed by atoms with E-state index >= 15 is 0 Å². The Morgan fingerprint density at radius 2 is 2.36 bits per heavy atom. The van der Waals surface area contributed by atoms with E-state index in [2.05, 4.69) is 10.4 Å². The topological polar surface area (TPSA) is 85.6 Å². The summed E-state index contributed by atoms with van der Waals surface area (Å²) in [5, 5.41) is 16.8. The fourth-order valence-corrected chi connectivity index (χ4v) is 2.92. The zero-order valence-electron chi connectivity index (χ0n) is 14.7. The highest BCUT2D eigenvalue weighted by Gasteiger charge is 2.23. The van der Waals surface area contributed by atoms with Crippen molar-refractivity contribution in [2.75, 3.05) is 6.61 Å². The average Bonchev–Trinajstić information content (AvgIpc) is 3.16. The number of hydrogen-bond donors (Lipinski definition) is 2. The molecule has 25 heavy (non-hydrogen) atoms. The predicted octanol–water partition coefficient (Wildman–Crippen LogP) is 1.49. The monoisotopic (exact) mass is 345 g/mol. The average molecular weight is 345 g/mol. The van der Waals surface area contributed by atoms with Crippen molar-refractivity contribution < 1.29 is 19.4 Å². The van der Waals surface area contributed by atoms with Crippen LogP contribution in [0.2, 0.25) is 0 Å². The van der Waals surface area contributed by atoms with E-state index in [9.17, 15) is 9.90 Å². The van der Waals surface area contributed by atoms with Crippen molar-refractivity contribution in [3.63, 3.8) is 0 Å². The highest BCUT2D eigenvalue weighted by Crippen LogP contribution is 2.35. The van der Waals surface area contributed by atoms with Crippen LogP contribution in [0.1, 0.15) is 36.6 Å². The number of rotatable bonds is 6. The van der Waals surface area contributed by atoms with Gasteiger partial charge >= 0.3 is 0 Å². The molecule has 2 heterocycles. The molecule has 1 aromatic heterocycles. The van der Waals surface area contributed by atoms with Crippen molar-refractivity contribution in [1.82, 2.24) is 15.1 Å². The van der Waals surface area contributed by atoms with Crippen molar-refractivity contribution in [3.05, 3.63) is 41.2 Å². The molecule has 0 saturated heterocycles. The Balaban J connectivity index is 1.71. The van der Waals surface area contributed by atoms with E-state index in [-0.39, 0.29) is 12.6 Å². The number of aliphatic hydroxyl groups excluding tert-OH is 1. The number of ether oxygens (including phenoxy) is 2. The van der Waals surface area contributed by atoms with Gasteiger partial charge < -0.3 is 19.9 Å². The Morgan fingerprint density at radius 1 is 1.56 bits per heavy atom. The van der Waals surface area contributed by atoms with Crippen LogP contribution in [0.4, 0.5) is 0 Å². The van der Waals surface area contributed by atoms with Crippen LogP contribution in [0, 0.1) is 0 Å². The molecule has 2 N–H and O–H groups in total. The summed E-state index contributed by atoms with van der Waals surface area (Å²) in [6.07, 6.45) is 2.82. The van der Waals surface area contributed by atoms with Gasteiger partial charge in [0.25, 0.3) is 5.91 Å². The number of carbonyl (C=O) groups excluding carboxylic acids is 1. The summed E-state index contributed by atoms with van der Waals surface area (Å²) < 4.78 is 13.0. The number of hydrogen-bond acceptors (Lipinski definition) is 5. The fraction of sp³-hybridized carbons (Fsp3) is 0.444. The van der Waals surface area contributed by atoms with E-state index in [4.69, 9.17) is 9.47 Å². The van der Waals surface area contributed by atoms with Crippen LogP contribution in [0.3, 0.4) is 0 Å². The van der Waals surface area contributed by atoms with Crippen LogP contribution in [-0.4, -0.2) is 33.5 Å². The van der Waals surface area contributed by atoms with Crippen molar-refractivity contribution in [1.29, 1.82) is 0 Å². The standard InChI is InChI=1S/C18H23N3O4/c1-4-24-15-6-12-5-11(2)25-16(12)7-13(15)8-19-18(23)17(22)14-9-20-21(3)10-14/h6-7,9-11,17,22H,4-5,8H2,1-3H3,(H,19,23)/t11-,17+/m0/s1. The molecular weight excluding hydrogens is 322 g/mol. The van der Waals surface area contributed by atoms with E-state index in [1.165, 1.54) is 10.9 Å². The molecule has 0 saturated carbocycles. The van der Waals surface area contributed by atoms with E-state index in [1.807, 2.05) is 26.0 Å². The molecule has 0 unspecified atom stereocenters. The fourth-order valence-electron chi connectivity index (χ4n) is 2.92. The van der Waals surface area contributed by atoms with Crippen LogP contribution >= 0.6 is 0 Å². The van der Waals surface area contributed by atoms with Crippen LogP contribution in [-0.2, 0) is 24.8 Å². The lowest BCUT2D eigenvalue weighted by Gasteiger charge is -2.14. The molecule has 0 aliphatic carbocycles. The summed E-state index contributed by atoms with van der Waals surface area (Å²) in [4.78, 5) is 12.2.